The van der Waals surface area contributed by atoms with Crippen molar-refractivity contribution in [1.29, 1.82) is 0 Å². The standard InChI is InChI=1S/C26H30N4O4/c1-18(9-10-19-7-5-4-6-8-19)27-25(31)23-16-24-26(32)29(11-12-30(24)28-23)17-20-13-21(33-2)15-22(14-20)34-3/h4-8,13-16,18H,9-12,17H2,1-3H3,(H,27,31)/t18-/m0/s1. The maximum atomic E-state index is 13.1. The number of ether oxygens (including phenoxy) is 2. The Hall–Kier alpha value is -3.81. The fourth-order valence-corrected chi connectivity index (χ4v) is 4.08. The topological polar surface area (TPSA) is 85.7 Å². The molecule has 1 aromatic heterocycles. The molecule has 1 aliphatic heterocycles. The van der Waals surface area contributed by atoms with Gasteiger partial charge >= 0.3 is 0 Å². The first-order chi connectivity index (χ1) is 16.5. The molecule has 1 aliphatic rings. The van der Waals surface area contributed by atoms with Crippen molar-refractivity contribution in [2.45, 2.75) is 38.9 Å². The summed E-state index contributed by atoms with van der Waals surface area (Å²) in [6.07, 6.45) is 1.70. The van der Waals surface area contributed by atoms with Crippen LogP contribution in [0.25, 0.3) is 0 Å². The van der Waals surface area contributed by atoms with Gasteiger partial charge in [0.05, 0.1) is 20.8 Å². The summed E-state index contributed by atoms with van der Waals surface area (Å²) < 4.78 is 12.3. The summed E-state index contributed by atoms with van der Waals surface area (Å²) in [6, 6.07) is 17.3. The number of nitrogens with zero attached hydrogens (tertiary/aromatic N) is 3. The Morgan fingerprint density at radius 1 is 1.03 bits per heavy atom. The lowest BCUT2D eigenvalue weighted by atomic mass is 10.1. The van der Waals surface area contributed by atoms with E-state index < -0.39 is 0 Å². The fraction of sp³-hybridized carbons (Fsp3) is 0.346. The molecule has 178 valence electrons. The highest BCUT2D eigenvalue weighted by molar-refractivity contribution is 5.98. The third-order valence-electron chi connectivity index (χ3n) is 5.97. The van der Waals surface area contributed by atoms with Crippen molar-refractivity contribution in [3.63, 3.8) is 0 Å². The Bertz CT molecular complexity index is 1140. The normalized spacial score (nSPS) is 13.9. The van der Waals surface area contributed by atoms with Crippen LogP contribution in [0.1, 0.15) is 45.4 Å². The molecule has 0 unspecified atom stereocenters. The van der Waals surface area contributed by atoms with Gasteiger partial charge in [-0.1, -0.05) is 30.3 Å². The van der Waals surface area contributed by atoms with Gasteiger partial charge in [-0.3, -0.25) is 14.3 Å². The Morgan fingerprint density at radius 2 is 1.74 bits per heavy atom. The second-order valence-corrected chi connectivity index (χ2v) is 8.48. The molecule has 0 saturated carbocycles. The van der Waals surface area contributed by atoms with Crippen LogP contribution in [0.3, 0.4) is 0 Å². The van der Waals surface area contributed by atoms with Crippen LogP contribution in [-0.2, 0) is 19.5 Å². The fourth-order valence-electron chi connectivity index (χ4n) is 4.08. The monoisotopic (exact) mass is 462 g/mol. The van der Waals surface area contributed by atoms with Crippen molar-refractivity contribution >= 4 is 11.8 Å². The molecule has 0 spiro atoms. The van der Waals surface area contributed by atoms with Gasteiger partial charge in [-0.15, -0.1) is 0 Å². The first-order valence-corrected chi connectivity index (χ1v) is 11.4. The highest BCUT2D eigenvalue weighted by Gasteiger charge is 2.28. The average Bonchev–Trinajstić information content (AvgIpc) is 3.30. The molecule has 0 fully saturated rings. The molecule has 4 rings (SSSR count). The average molecular weight is 463 g/mol. The quantitative estimate of drug-likeness (QED) is 0.527. The molecule has 0 bridgehead atoms. The van der Waals surface area contributed by atoms with Crippen LogP contribution in [0.2, 0.25) is 0 Å². The smallest absolute Gasteiger partial charge is 0.272 e. The van der Waals surface area contributed by atoms with E-state index >= 15 is 0 Å². The summed E-state index contributed by atoms with van der Waals surface area (Å²) >= 11 is 0. The zero-order valence-electron chi connectivity index (χ0n) is 19.8. The molecule has 0 radical (unpaired) electrons. The third-order valence-corrected chi connectivity index (χ3v) is 5.97. The van der Waals surface area contributed by atoms with Crippen molar-refractivity contribution in [1.82, 2.24) is 20.0 Å². The van der Waals surface area contributed by atoms with E-state index in [9.17, 15) is 9.59 Å². The van der Waals surface area contributed by atoms with Crippen LogP contribution in [0, 0.1) is 0 Å². The summed E-state index contributed by atoms with van der Waals surface area (Å²) in [5.41, 5.74) is 2.83. The van der Waals surface area contributed by atoms with E-state index in [2.05, 4.69) is 22.5 Å². The van der Waals surface area contributed by atoms with Crippen molar-refractivity contribution in [2.75, 3.05) is 20.8 Å². The minimum absolute atomic E-state index is 0.0123. The summed E-state index contributed by atoms with van der Waals surface area (Å²) in [5, 5.41) is 7.39. The van der Waals surface area contributed by atoms with Crippen LogP contribution in [0.5, 0.6) is 11.5 Å². The molecule has 8 heteroatoms. The van der Waals surface area contributed by atoms with Gasteiger partial charge in [0, 0.05) is 31.3 Å². The summed E-state index contributed by atoms with van der Waals surface area (Å²) in [4.78, 5) is 27.6. The van der Waals surface area contributed by atoms with Crippen molar-refractivity contribution in [2.24, 2.45) is 0 Å². The number of benzene rings is 2. The maximum absolute atomic E-state index is 13.1. The van der Waals surface area contributed by atoms with Crippen LogP contribution in [0.4, 0.5) is 0 Å². The summed E-state index contributed by atoms with van der Waals surface area (Å²) in [6.45, 7) is 3.42. The van der Waals surface area contributed by atoms with Gasteiger partial charge in [0.25, 0.3) is 11.8 Å². The Morgan fingerprint density at radius 3 is 2.41 bits per heavy atom. The number of carbonyl (C=O) groups excluding carboxylic acids is 2. The lowest BCUT2D eigenvalue weighted by Crippen LogP contribution is -2.39. The van der Waals surface area contributed by atoms with E-state index in [1.807, 2.05) is 37.3 Å². The van der Waals surface area contributed by atoms with E-state index in [0.717, 1.165) is 18.4 Å². The molecule has 3 aromatic rings. The second kappa shape index (κ2) is 10.4. The first-order valence-electron chi connectivity index (χ1n) is 11.4. The number of aryl methyl sites for hydroxylation is 1. The SMILES string of the molecule is COc1cc(CN2CCn3nc(C(=O)N[C@@H](C)CCc4ccccc4)cc3C2=O)cc(OC)c1. The highest BCUT2D eigenvalue weighted by atomic mass is 16.5. The Kier molecular flexibility index (Phi) is 7.15. The van der Waals surface area contributed by atoms with Gasteiger partial charge in [0.15, 0.2) is 5.69 Å². The molecule has 34 heavy (non-hydrogen) atoms. The van der Waals surface area contributed by atoms with Crippen LogP contribution >= 0.6 is 0 Å². The molecule has 2 amide bonds. The van der Waals surface area contributed by atoms with Gasteiger partial charge in [-0.05, 0) is 43.0 Å². The maximum Gasteiger partial charge on any atom is 0.272 e. The number of methoxy groups -OCH3 is 2. The largest absolute Gasteiger partial charge is 0.497 e. The summed E-state index contributed by atoms with van der Waals surface area (Å²) in [5.74, 6) is 0.921. The number of hydrogen-bond acceptors (Lipinski definition) is 5. The lowest BCUT2D eigenvalue weighted by Gasteiger charge is -2.27. The van der Waals surface area contributed by atoms with Crippen LogP contribution in [-0.4, -0.2) is 53.3 Å². The zero-order chi connectivity index (χ0) is 24.1. The predicted octanol–water partition coefficient (Wildman–Crippen LogP) is 3.31. The van der Waals surface area contributed by atoms with Crippen LogP contribution < -0.4 is 14.8 Å². The minimum atomic E-state index is -0.264. The van der Waals surface area contributed by atoms with Gasteiger partial charge in [0.1, 0.15) is 17.2 Å². The predicted molar refractivity (Wildman–Crippen MR) is 128 cm³/mol. The van der Waals surface area contributed by atoms with Gasteiger partial charge < -0.3 is 19.7 Å². The number of nitrogens with one attached hydrogen (secondary N) is 1. The van der Waals surface area contributed by atoms with E-state index in [1.165, 1.54) is 5.56 Å². The molecule has 1 atom stereocenters. The lowest BCUT2D eigenvalue weighted by molar-refractivity contribution is 0.0682. The van der Waals surface area contributed by atoms with Crippen LogP contribution in [0.15, 0.2) is 54.6 Å². The number of fused-ring (bicyclic) bond motifs is 1. The van der Waals surface area contributed by atoms with Gasteiger partial charge in [-0.25, -0.2) is 0 Å². The number of amides is 2. The molecular weight excluding hydrogens is 432 g/mol. The van der Waals surface area contributed by atoms with Gasteiger partial charge in [0.2, 0.25) is 0 Å². The molecule has 8 nitrogen and oxygen atoms in total. The molecular formula is C26H30N4O4. The first kappa shape index (κ1) is 23.4. The second-order valence-electron chi connectivity index (χ2n) is 8.48. The van der Waals surface area contributed by atoms with Crippen molar-refractivity contribution < 1.29 is 19.1 Å². The molecule has 1 N–H and O–H groups in total. The van der Waals surface area contributed by atoms with Crippen molar-refractivity contribution in [3.8, 4) is 11.5 Å². The number of carbonyl (C=O) groups is 2. The Balaban J connectivity index is 1.39. The number of rotatable bonds is 9. The Labute approximate surface area is 199 Å². The highest BCUT2D eigenvalue weighted by Crippen LogP contribution is 2.25. The van der Waals surface area contributed by atoms with Crippen molar-refractivity contribution in [3.05, 3.63) is 77.1 Å². The molecule has 0 aliphatic carbocycles. The zero-order valence-corrected chi connectivity index (χ0v) is 19.8. The summed E-state index contributed by atoms with van der Waals surface area (Å²) in [7, 11) is 3.19. The molecule has 0 saturated heterocycles. The van der Waals surface area contributed by atoms with E-state index in [-0.39, 0.29) is 23.6 Å². The number of hydrogen-bond donors (Lipinski definition) is 1. The molecule has 2 heterocycles. The third kappa shape index (κ3) is 5.39. The number of aromatic nitrogens is 2. The minimum Gasteiger partial charge on any atom is -0.497 e. The molecule has 2 aromatic carbocycles. The van der Waals surface area contributed by atoms with Gasteiger partial charge in [-0.2, -0.15) is 5.10 Å². The van der Waals surface area contributed by atoms with E-state index in [0.29, 0.717) is 36.8 Å². The van der Waals surface area contributed by atoms with E-state index in [1.54, 1.807) is 35.9 Å². The van der Waals surface area contributed by atoms with E-state index in [4.69, 9.17) is 9.47 Å².